The van der Waals surface area contributed by atoms with Gasteiger partial charge in [0.15, 0.2) is 0 Å². The molecule has 0 spiro atoms. The Bertz CT molecular complexity index is 143. The summed E-state index contributed by atoms with van der Waals surface area (Å²) < 4.78 is 0. The number of carbonyl (C=O) groups excluding carboxylic acids is 1. The number of nitrogens with one attached hydrogen (secondary N) is 1. The van der Waals surface area contributed by atoms with Crippen molar-refractivity contribution in [1.82, 2.24) is 10.2 Å². The molecule has 1 N–H and O–H groups in total. The second-order valence-electron chi connectivity index (χ2n) is 3.10. The van der Waals surface area contributed by atoms with Gasteiger partial charge in [-0.1, -0.05) is 6.92 Å². The zero-order valence-electron chi connectivity index (χ0n) is 7.26. The SMILES string of the molecule is CC[C@@H](C)NC(=O)N1CCC1. The maximum Gasteiger partial charge on any atom is 0.317 e. The van der Waals surface area contributed by atoms with E-state index in [1.165, 1.54) is 0 Å². The first-order valence-electron chi connectivity index (χ1n) is 4.29. The number of nitrogens with zero attached hydrogens (tertiary/aromatic N) is 1. The molecule has 1 aliphatic rings. The van der Waals surface area contributed by atoms with Gasteiger partial charge < -0.3 is 10.2 Å². The predicted octanol–water partition coefficient (Wildman–Crippen LogP) is 1.20. The lowest BCUT2D eigenvalue weighted by molar-refractivity contribution is 0.164. The van der Waals surface area contributed by atoms with Crippen molar-refractivity contribution in [2.24, 2.45) is 0 Å². The molecule has 0 saturated carbocycles. The Kier molecular flexibility index (Phi) is 2.74. The van der Waals surface area contributed by atoms with Crippen LogP contribution in [-0.4, -0.2) is 30.1 Å². The van der Waals surface area contributed by atoms with Crippen molar-refractivity contribution in [1.29, 1.82) is 0 Å². The molecule has 1 atom stereocenters. The van der Waals surface area contributed by atoms with Gasteiger partial charge in [0, 0.05) is 19.1 Å². The number of urea groups is 1. The number of likely N-dealkylation sites (tertiary alicyclic amines) is 1. The summed E-state index contributed by atoms with van der Waals surface area (Å²) in [7, 11) is 0. The summed E-state index contributed by atoms with van der Waals surface area (Å²) in [6.45, 7) is 5.96. The first-order valence-corrected chi connectivity index (χ1v) is 4.29. The smallest absolute Gasteiger partial charge is 0.317 e. The summed E-state index contributed by atoms with van der Waals surface area (Å²) in [6, 6.07) is 0.411. The van der Waals surface area contributed by atoms with Gasteiger partial charge in [0.05, 0.1) is 0 Å². The quantitative estimate of drug-likeness (QED) is 0.640. The van der Waals surface area contributed by atoms with E-state index in [2.05, 4.69) is 12.2 Å². The second kappa shape index (κ2) is 3.60. The van der Waals surface area contributed by atoms with E-state index in [1.54, 1.807) is 0 Å². The van der Waals surface area contributed by atoms with E-state index in [0.29, 0.717) is 6.04 Å². The van der Waals surface area contributed by atoms with Crippen LogP contribution in [0.15, 0.2) is 0 Å². The highest BCUT2D eigenvalue weighted by Gasteiger charge is 2.20. The van der Waals surface area contributed by atoms with Crippen LogP contribution in [0, 0.1) is 0 Å². The van der Waals surface area contributed by atoms with E-state index < -0.39 is 0 Å². The van der Waals surface area contributed by atoms with Crippen molar-refractivity contribution < 1.29 is 4.79 Å². The standard InChI is InChI=1S/C8H16N2O/c1-3-7(2)9-8(11)10-5-4-6-10/h7H,3-6H2,1-2H3,(H,9,11)/t7-/m1/s1. The number of hydrogen-bond acceptors (Lipinski definition) is 1. The van der Waals surface area contributed by atoms with Crippen LogP contribution in [0.25, 0.3) is 0 Å². The monoisotopic (exact) mass is 156 g/mol. The molecule has 0 aromatic rings. The van der Waals surface area contributed by atoms with Crippen LogP contribution in [-0.2, 0) is 0 Å². The molecule has 0 unspecified atom stereocenters. The zero-order valence-corrected chi connectivity index (χ0v) is 7.26. The largest absolute Gasteiger partial charge is 0.336 e. The summed E-state index contributed by atoms with van der Waals surface area (Å²) in [6.07, 6.45) is 2.16. The predicted molar refractivity (Wildman–Crippen MR) is 44.5 cm³/mol. The van der Waals surface area contributed by atoms with Gasteiger partial charge in [-0.05, 0) is 19.8 Å². The molecule has 1 aliphatic heterocycles. The van der Waals surface area contributed by atoms with Crippen LogP contribution in [0.1, 0.15) is 26.7 Å². The minimum absolute atomic E-state index is 0.102. The van der Waals surface area contributed by atoms with Crippen molar-refractivity contribution in [3.63, 3.8) is 0 Å². The van der Waals surface area contributed by atoms with Crippen LogP contribution < -0.4 is 5.32 Å². The molecule has 1 saturated heterocycles. The molecule has 3 nitrogen and oxygen atoms in total. The Morgan fingerprint density at radius 3 is 2.64 bits per heavy atom. The number of hydrogen-bond donors (Lipinski definition) is 1. The van der Waals surface area contributed by atoms with Crippen molar-refractivity contribution in [2.75, 3.05) is 13.1 Å². The van der Waals surface area contributed by atoms with Crippen LogP contribution in [0.2, 0.25) is 0 Å². The fourth-order valence-corrected chi connectivity index (χ4v) is 0.923. The van der Waals surface area contributed by atoms with E-state index in [4.69, 9.17) is 0 Å². The third-order valence-corrected chi connectivity index (χ3v) is 2.13. The Labute approximate surface area is 67.8 Å². The molecule has 0 aliphatic carbocycles. The Morgan fingerprint density at radius 2 is 2.27 bits per heavy atom. The lowest BCUT2D eigenvalue weighted by Crippen LogP contribution is -2.49. The summed E-state index contributed by atoms with van der Waals surface area (Å²) in [4.78, 5) is 13.0. The molecule has 64 valence electrons. The van der Waals surface area contributed by atoms with Crippen LogP contribution in [0.4, 0.5) is 4.79 Å². The Hall–Kier alpha value is -0.730. The van der Waals surface area contributed by atoms with Crippen molar-refractivity contribution in [3.8, 4) is 0 Å². The van der Waals surface area contributed by atoms with Gasteiger partial charge in [-0.2, -0.15) is 0 Å². The fraction of sp³-hybridized carbons (Fsp3) is 0.875. The maximum atomic E-state index is 11.2. The zero-order chi connectivity index (χ0) is 8.27. The summed E-state index contributed by atoms with van der Waals surface area (Å²) in [5.74, 6) is 0. The summed E-state index contributed by atoms with van der Waals surface area (Å²) >= 11 is 0. The first kappa shape index (κ1) is 8.37. The molecule has 0 radical (unpaired) electrons. The van der Waals surface area contributed by atoms with Gasteiger partial charge in [-0.15, -0.1) is 0 Å². The van der Waals surface area contributed by atoms with E-state index in [-0.39, 0.29) is 6.03 Å². The van der Waals surface area contributed by atoms with E-state index in [1.807, 2.05) is 11.8 Å². The molecule has 1 fully saturated rings. The van der Waals surface area contributed by atoms with Crippen LogP contribution >= 0.6 is 0 Å². The lowest BCUT2D eigenvalue weighted by Gasteiger charge is -2.31. The van der Waals surface area contributed by atoms with Gasteiger partial charge in [0.1, 0.15) is 0 Å². The topological polar surface area (TPSA) is 32.3 Å². The minimum atomic E-state index is 0.102. The maximum absolute atomic E-state index is 11.2. The highest BCUT2D eigenvalue weighted by atomic mass is 16.2. The molecule has 0 aromatic carbocycles. The molecule has 0 aromatic heterocycles. The summed E-state index contributed by atoms with van der Waals surface area (Å²) in [5.41, 5.74) is 0. The number of carbonyl (C=O) groups is 1. The minimum Gasteiger partial charge on any atom is -0.336 e. The van der Waals surface area contributed by atoms with E-state index in [0.717, 1.165) is 25.9 Å². The van der Waals surface area contributed by atoms with Gasteiger partial charge in [-0.25, -0.2) is 4.79 Å². The molecule has 1 rings (SSSR count). The molecule has 0 bridgehead atoms. The molecule has 3 heteroatoms. The number of amides is 2. The van der Waals surface area contributed by atoms with Crippen molar-refractivity contribution >= 4 is 6.03 Å². The lowest BCUT2D eigenvalue weighted by atomic mass is 10.2. The molecule has 11 heavy (non-hydrogen) atoms. The van der Waals surface area contributed by atoms with E-state index >= 15 is 0 Å². The van der Waals surface area contributed by atoms with Gasteiger partial charge in [0.2, 0.25) is 0 Å². The molecule has 1 heterocycles. The fourth-order valence-electron chi connectivity index (χ4n) is 0.923. The molecular formula is C8H16N2O. The Morgan fingerprint density at radius 1 is 1.64 bits per heavy atom. The third-order valence-electron chi connectivity index (χ3n) is 2.13. The van der Waals surface area contributed by atoms with E-state index in [9.17, 15) is 4.79 Å². The van der Waals surface area contributed by atoms with Crippen LogP contribution in [0.3, 0.4) is 0 Å². The van der Waals surface area contributed by atoms with Crippen molar-refractivity contribution in [2.45, 2.75) is 32.7 Å². The highest BCUT2D eigenvalue weighted by molar-refractivity contribution is 5.75. The Balaban J connectivity index is 2.19. The normalized spacial score (nSPS) is 18.9. The average molecular weight is 156 g/mol. The first-order chi connectivity index (χ1) is 5.24. The molecule has 2 amide bonds. The van der Waals surface area contributed by atoms with Crippen LogP contribution in [0.5, 0.6) is 0 Å². The second-order valence-corrected chi connectivity index (χ2v) is 3.10. The third kappa shape index (κ3) is 2.10. The van der Waals surface area contributed by atoms with Gasteiger partial charge in [0.25, 0.3) is 0 Å². The van der Waals surface area contributed by atoms with Gasteiger partial charge in [-0.3, -0.25) is 0 Å². The average Bonchev–Trinajstić information content (AvgIpc) is 1.83. The highest BCUT2D eigenvalue weighted by Crippen LogP contribution is 2.05. The van der Waals surface area contributed by atoms with Crippen molar-refractivity contribution in [3.05, 3.63) is 0 Å². The molecular weight excluding hydrogens is 140 g/mol. The number of rotatable bonds is 2. The van der Waals surface area contributed by atoms with Gasteiger partial charge >= 0.3 is 6.03 Å². The summed E-state index contributed by atoms with van der Waals surface area (Å²) in [5, 5.41) is 2.92.